The Hall–Kier alpha value is -1.40. The molecule has 0 atom stereocenters. The topological polar surface area (TPSA) is 69.6 Å². The SMILES string of the molecule is Cn1cnnc1Sc1cnccc1CN. The molecule has 0 bridgehead atoms. The zero-order chi connectivity index (χ0) is 10.7. The summed E-state index contributed by atoms with van der Waals surface area (Å²) in [6.07, 6.45) is 5.20. The van der Waals surface area contributed by atoms with Crippen molar-refractivity contribution in [1.82, 2.24) is 19.7 Å². The molecule has 5 nitrogen and oxygen atoms in total. The third-order valence-electron chi connectivity index (χ3n) is 1.96. The molecule has 78 valence electrons. The van der Waals surface area contributed by atoms with Crippen LogP contribution in [-0.2, 0) is 13.6 Å². The summed E-state index contributed by atoms with van der Waals surface area (Å²) in [5.74, 6) is 0. The number of nitrogens with zero attached hydrogens (tertiary/aromatic N) is 4. The number of aryl methyl sites for hydroxylation is 1. The molecule has 0 saturated heterocycles. The van der Waals surface area contributed by atoms with Gasteiger partial charge in [0, 0.05) is 30.9 Å². The molecule has 2 N–H and O–H groups in total. The zero-order valence-electron chi connectivity index (χ0n) is 8.29. The molecular weight excluding hydrogens is 210 g/mol. The van der Waals surface area contributed by atoms with Crippen LogP contribution in [0, 0.1) is 0 Å². The maximum Gasteiger partial charge on any atom is 0.195 e. The lowest BCUT2D eigenvalue weighted by Crippen LogP contribution is -1.99. The van der Waals surface area contributed by atoms with E-state index in [9.17, 15) is 0 Å². The van der Waals surface area contributed by atoms with E-state index in [-0.39, 0.29) is 0 Å². The summed E-state index contributed by atoms with van der Waals surface area (Å²) in [6, 6.07) is 1.92. The molecule has 0 spiro atoms. The number of rotatable bonds is 3. The molecule has 0 aliphatic rings. The first-order valence-electron chi connectivity index (χ1n) is 4.46. The summed E-state index contributed by atoms with van der Waals surface area (Å²) in [7, 11) is 1.90. The maximum atomic E-state index is 5.63. The summed E-state index contributed by atoms with van der Waals surface area (Å²) in [6.45, 7) is 0.503. The van der Waals surface area contributed by atoms with Crippen LogP contribution in [-0.4, -0.2) is 19.7 Å². The predicted molar refractivity (Wildman–Crippen MR) is 57.3 cm³/mol. The largest absolute Gasteiger partial charge is 0.326 e. The Bertz CT molecular complexity index is 453. The van der Waals surface area contributed by atoms with Crippen LogP contribution in [0.25, 0.3) is 0 Å². The van der Waals surface area contributed by atoms with Gasteiger partial charge in [-0.3, -0.25) is 4.98 Å². The second kappa shape index (κ2) is 4.41. The van der Waals surface area contributed by atoms with Gasteiger partial charge in [0.25, 0.3) is 0 Å². The van der Waals surface area contributed by atoms with Gasteiger partial charge in [-0.15, -0.1) is 10.2 Å². The molecule has 0 saturated carbocycles. The van der Waals surface area contributed by atoms with E-state index in [1.807, 2.05) is 17.7 Å². The smallest absolute Gasteiger partial charge is 0.195 e. The lowest BCUT2D eigenvalue weighted by molar-refractivity contribution is 0.787. The van der Waals surface area contributed by atoms with E-state index in [2.05, 4.69) is 15.2 Å². The summed E-state index contributed by atoms with van der Waals surface area (Å²) in [5, 5.41) is 8.64. The summed E-state index contributed by atoms with van der Waals surface area (Å²) >= 11 is 1.52. The third kappa shape index (κ3) is 2.16. The van der Waals surface area contributed by atoms with Gasteiger partial charge in [0.05, 0.1) is 0 Å². The molecule has 15 heavy (non-hydrogen) atoms. The van der Waals surface area contributed by atoms with Gasteiger partial charge in [0.1, 0.15) is 6.33 Å². The first-order valence-corrected chi connectivity index (χ1v) is 5.27. The quantitative estimate of drug-likeness (QED) is 0.831. The highest BCUT2D eigenvalue weighted by molar-refractivity contribution is 7.99. The molecule has 2 aromatic heterocycles. The summed E-state index contributed by atoms with van der Waals surface area (Å²) in [5.41, 5.74) is 6.70. The van der Waals surface area contributed by atoms with E-state index in [1.165, 1.54) is 11.8 Å². The maximum absolute atomic E-state index is 5.63. The third-order valence-corrected chi connectivity index (χ3v) is 3.10. The standard InChI is InChI=1S/C9H11N5S/c1-14-6-12-13-9(14)15-8-5-11-3-2-7(8)4-10/h2-3,5-6H,4,10H2,1H3. The van der Waals surface area contributed by atoms with Gasteiger partial charge < -0.3 is 10.3 Å². The van der Waals surface area contributed by atoms with Gasteiger partial charge in [-0.05, 0) is 23.4 Å². The van der Waals surface area contributed by atoms with E-state index < -0.39 is 0 Å². The Labute approximate surface area is 91.7 Å². The molecule has 0 aliphatic heterocycles. The minimum absolute atomic E-state index is 0.503. The van der Waals surface area contributed by atoms with Gasteiger partial charge in [0.15, 0.2) is 5.16 Å². The lowest BCUT2D eigenvalue weighted by atomic mass is 10.3. The van der Waals surface area contributed by atoms with Gasteiger partial charge in [-0.2, -0.15) is 0 Å². The van der Waals surface area contributed by atoms with Gasteiger partial charge in [-0.25, -0.2) is 0 Å². The molecule has 2 heterocycles. The fourth-order valence-electron chi connectivity index (χ4n) is 1.13. The van der Waals surface area contributed by atoms with E-state index in [0.29, 0.717) is 6.54 Å². The Morgan fingerprint density at radius 1 is 1.53 bits per heavy atom. The molecule has 0 unspecified atom stereocenters. The minimum atomic E-state index is 0.503. The highest BCUT2D eigenvalue weighted by atomic mass is 32.2. The predicted octanol–water partition coefficient (Wildman–Crippen LogP) is 0.820. The Morgan fingerprint density at radius 3 is 3.07 bits per heavy atom. The van der Waals surface area contributed by atoms with Crippen molar-refractivity contribution in [3.63, 3.8) is 0 Å². The average molecular weight is 221 g/mol. The Kier molecular flexibility index (Phi) is 2.98. The zero-order valence-corrected chi connectivity index (χ0v) is 9.11. The van der Waals surface area contributed by atoms with Crippen molar-refractivity contribution >= 4 is 11.8 Å². The van der Waals surface area contributed by atoms with E-state index in [4.69, 9.17) is 5.73 Å². The Morgan fingerprint density at radius 2 is 2.40 bits per heavy atom. The van der Waals surface area contributed by atoms with Crippen molar-refractivity contribution in [3.8, 4) is 0 Å². The summed E-state index contributed by atoms with van der Waals surface area (Å²) < 4.78 is 1.86. The number of hydrogen-bond donors (Lipinski definition) is 1. The second-order valence-corrected chi connectivity index (χ2v) is 4.02. The van der Waals surface area contributed by atoms with Crippen molar-refractivity contribution in [2.45, 2.75) is 16.6 Å². The fraction of sp³-hybridized carbons (Fsp3) is 0.222. The molecule has 2 aromatic rings. The van der Waals surface area contributed by atoms with Crippen LogP contribution in [0.4, 0.5) is 0 Å². The first kappa shape index (κ1) is 10.1. The van der Waals surface area contributed by atoms with Crippen molar-refractivity contribution in [1.29, 1.82) is 0 Å². The van der Waals surface area contributed by atoms with Crippen molar-refractivity contribution in [3.05, 3.63) is 30.4 Å². The molecule has 0 aliphatic carbocycles. The van der Waals surface area contributed by atoms with Gasteiger partial charge >= 0.3 is 0 Å². The number of pyridine rings is 1. The fourth-order valence-corrected chi connectivity index (χ4v) is 2.00. The van der Waals surface area contributed by atoms with Crippen molar-refractivity contribution < 1.29 is 0 Å². The van der Waals surface area contributed by atoms with Crippen molar-refractivity contribution in [2.75, 3.05) is 0 Å². The van der Waals surface area contributed by atoms with Crippen molar-refractivity contribution in [2.24, 2.45) is 12.8 Å². The van der Waals surface area contributed by atoms with Gasteiger partial charge in [0.2, 0.25) is 0 Å². The number of aromatic nitrogens is 4. The van der Waals surface area contributed by atoms with Crippen LogP contribution in [0.15, 0.2) is 34.8 Å². The normalized spacial score (nSPS) is 10.5. The number of nitrogens with two attached hydrogens (primary N) is 1. The van der Waals surface area contributed by atoms with Crippen LogP contribution in [0.5, 0.6) is 0 Å². The molecule has 0 amide bonds. The average Bonchev–Trinajstić information content (AvgIpc) is 2.65. The van der Waals surface area contributed by atoms with Crippen LogP contribution >= 0.6 is 11.8 Å². The Balaban J connectivity index is 2.28. The second-order valence-electron chi connectivity index (χ2n) is 3.01. The molecule has 2 rings (SSSR count). The van der Waals surface area contributed by atoms with E-state index in [1.54, 1.807) is 18.7 Å². The van der Waals surface area contributed by atoms with E-state index in [0.717, 1.165) is 15.6 Å². The lowest BCUT2D eigenvalue weighted by Gasteiger charge is -2.04. The van der Waals surface area contributed by atoms with Gasteiger partial charge in [-0.1, -0.05) is 0 Å². The molecule has 6 heteroatoms. The molecular formula is C9H11N5S. The summed E-state index contributed by atoms with van der Waals surface area (Å²) in [4.78, 5) is 5.09. The number of hydrogen-bond acceptors (Lipinski definition) is 5. The van der Waals surface area contributed by atoms with Crippen LogP contribution < -0.4 is 5.73 Å². The highest BCUT2D eigenvalue weighted by Crippen LogP contribution is 2.27. The van der Waals surface area contributed by atoms with E-state index >= 15 is 0 Å². The van der Waals surface area contributed by atoms with Crippen LogP contribution in [0.3, 0.4) is 0 Å². The van der Waals surface area contributed by atoms with Crippen LogP contribution in [0.1, 0.15) is 5.56 Å². The molecule has 0 fully saturated rings. The van der Waals surface area contributed by atoms with Crippen LogP contribution in [0.2, 0.25) is 0 Å². The molecule has 0 aromatic carbocycles. The molecule has 0 radical (unpaired) electrons. The highest BCUT2D eigenvalue weighted by Gasteiger charge is 2.07. The monoisotopic (exact) mass is 221 g/mol. The minimum Gasteiger partial charge on any atom is -0.326 e. The first-order chi connectivity index (χ1) is 7.31.